The Morgan fingerprint density at radius 3 is 2.80 bits per heavy atom. The molecule has 80 valence electrons. The van der Waals surface area contributed by atoms with Gasteiger partial charge >= 0.3 is 0 Å². The highest BCUT2D eigenvalue weighted by molar-refractivity contribution is 9.10. The van der Waals surface area contributed by atoms with Gasteiger partial charge in [-0.25, -0.2) is 5.48 Å². The van der Waals surface area contributed by atoms with Crippen molar-refractivity contribution in [2.75, 3.05) is 7.11 Å². The van der Waals surface area contributed by atoms with E-state index >= 15 is 0 Å². The lowest BCUT2D eigenvalue weighted by Crippen LogP contribution is -2.33. The number of nitrogens with one attached hydrogen (secondary N) is 1. The molecular weight excluding hydrogens is 258 g/mol. The van der Waals surface area contributed by atoms with E-state index in [1.54, 1.807) is 0 Å². The monoisotopic (exact) mass is 269 g/mol. The molecule has 0 spiro atoms. The molecule has 1 saturated carbocycles. The van der Waals surface area contributed by atoms with Gasteiger partial charge in [0, 0.05) is 4.47 Å². The van der Waals surface area contributed by atoms with E-state index in [9.17, 15) is 4.79 Å². The highest BCUT2D eigenvalue weighted by Crippen LogP contribution is 2.48. The third-order valence-corrected chi connectivity index (χ3v) is 3.25. The summed E-state index contributed by atoms with van der Waals surface area (Å²) in [6.07, 6.45) is 1.78. The number of amides is 1. The second kappa shape index (κ2) is 3.94. The Hall–Kier alpha value is -0.870. The first kappa shape index (κ1) is 10.6. The predicted molar refractivity (Wildman–Crippen MR) is 60.2 cm³/mol. The molecule has 1 fully saturated rings. The maximum absolute atomic E-state index is 11.8. The normalized spacial score (nSPS) is 17.2. The van der Waals surface area contributed by atoms with E-state index in [0.717, 1.165) is 22.9 Å². The number of halogens is 1. The minimum atomic E-state index is -0.361. The predicted octanol–water partition coefficient (Wildman–Crippen LogP) is 2.16. The molecule has 2 rings (SSSR count). The Bertz CT molecular complexity index is 388. The van der Waals surface area contributed by atoms with Crippen LogP contribution in [-0.2, 0) is 15.0 Å². The molecular formula is C11H12BrNO2. The van der Waals surface area contributed by atoms with Gasteiger partial charge in [0.2, 0.25) is 0 Å². The van der Waals surface area contributed by atoms with Gasteiger partial charge < -0.3 is 0 Å². The first-order chi connectivity index (χ1) is 7.19. The van der Waals surface area contributed by atoms with Crippen molar-refractivity contribution in [2.45, 2.75) is 18.3 Å². The average Bonchev–Trinajstić information content (AvgIpc) is 2.99. The van der Waals surface area contributed by atoms with E-state index < -0.39 is 0 Å². The number of hydrogen-bond donors (Lipinski definition) is 1. The van der Waals surface area contributed by atoms with Crippen LogP contribution in [0, 0.1) is 0 Å². The van der Waals surface area contributed by atoms with Gasteiger partial charge in [0.1, 0.15) is 0 Å². The van der Waals surface area contributed by atoms with Gasteiger partial charge in [-0.2, -0.15) is 0 Å². The molecule has 15 heavy (non-hydrogen) atoms. The summed E-state index contributed by atoms with van der Waals surface area (Å²) >= 11 is 3.41. The van der Waals surface area contributed by atoms with Crippen molar-refractivity contribution < 1.29 is 9.63 Å². The SMILES string of the molecule is CONC(=O)C1(c2cccc(Br)c2)CC1. The van der Waals surface area contributed by atoms with E-state index in [1.165, 1.54) is 7.11 Å². The fourth-order valence-corrected chi connectivity index (χ4v) is 2.15. The Labute approximate surface area is 96.9 Å². The zero-order valence-electron chi connectivity index (χ0n) is 8.42. The molecule has 0 unspecified atom stereocenters. The molecule has 1 aromatic rings. The summed E-state index contributed by atoms with van der Waals surface area (Å²) in [5, 5.41) is 0. The summed E-state index contributed by atoms with van der Waals surface area (Å²) in [5.74, 6) is -0.0527. The molecule has 0 radical (unpaired) electrons. The first-order valence-corrected chi connectivity index (χ1v) is 5.58. The second-order valence-electron chi connectivity index (χ2n) is 3.73. The van der Waals surface area contributed by atoms with E-state index in [0.29, 0.717) is 0 Å². The summed E-state index contributed by atoms with van der Waals surface area (Å²) in [4.78, 5) is 16.5. The summed E-state index contributed by atoms with van der Waals surface area (Å²) < 4.78 is 0.997. The lowest BCUT2D eigenvalue weighted by Gasteiger charge is -2.14. The van der Waals surface area contributed by atoms with Crippen molar-refractivity contribution in [2.24, 2.45) is 0 Å². The zero-order valence-corrected chi connectivity index (χ0v) is 10.0. The van der Waals surface area contributed by atoms with Gasteiger partial charge in [-0.3, -0.25) is 9.63 Å². The van der Waals surface area contributed by atoms with Gasteiger partial charge in [-0.15, -0.1) is 0 Å². The molecule has 0 aliphatic heterocycles. The number of rotatable bonds is 3. The van der Waals surface area contributed by atoms with Crippen LogP contribution in [0.4, 0.5) is 0 Å². The van der Waals surface area contributed by atoms with E-state index in [2.05, 4.69) is 26.2 Å². The molecule has 1 aromatic carbocycles. The standard InChI is InChI=1S/C11H12BrNO2/c1-15-13-10(14)11(5-6-11)8-3-2-4-9(12)7-8/h2-4,7H,5-6H2,1H3,(H,13,14). The molecule has 0 aromatic heterocycles. The molecule has 1 aliphatic carbocycles. The molecule has 0 saturated heterocycles. The Kier molecular flexibility index (Phi) is 2.80. The van der Waals surface area contributed by atoms with Crippen LogP contribution in [0.2, 0.25) is 0 Å². The second-order valence-corrected chi connectivity index (χ2v) is 4.64. The topological polar surface area (TPSA) is 38.3 Å². The lowest BCUT2D eigenvalue weighted by atomic mass is 9.95. The fourth-order valence-electron chi connectivity index (χ4n) is 1.75. The summed E-state index contributed by atoms with van der Waals surface area (Å²) in [6, 6.07) is 7.86. The maximum atomic E-state index is 11.8. The van der Waals surface area contributed by atoms with Crippen LogP contribution in [0.1, 0.15) is 18.4 Å². The van der Waals surface area contributed by atoms with Gasteiger partial charge in [0.05, 0.1) is 12.5 Å². The quantitative estimate of drug-likeness (QED) is 0.855. The Morgan fingerprint density at radius 2 is 2.27 bits per heavy atom. The molecule has 0 bridgehead atoms. The van der Waals surface area contributed by atoms with Crippen LogP contribution < -0.4 is 5.48 Å². The third-order valence-electron chi connectivity index (χ3n) is 2.76. The largest absolute Gasteiger partial charge is 0.277 e. The van der Waals surface area contributed by atoms with Crippen LogP contribution in [0.5, 0.6) is 0 Å². The van der Waals surface area contributed by atoms with Gasteiger partial charge in [-0.1, -0.05) is 28.1 Å². The molecule has 1 aliphatic rings. The van der Waals surface area contributed by atoms with Crippen LogP contribution in [0.3, 0.4) is 0 Å². The van der Waals surface area contributed by atoms with E-state index in [-0.39, 0.29) is 11.3 Å². The van der Waals surface area contributed by atoms with Crippen LogP contribution in [0.15, 0.2) is 28.7 Å². The van der Waals surface area contributed by atoms with Crippen LogP contribution in [0.25, 0.3) is 0 Å². The maximum Gasteiger partial charge on any atom is 0.254 e. The molecule has 0 atom stereocenters. The minimum Gasteiger partial charge on any atom is -0.277 e. The lowest BCUT2D eigenvalue weighted by molar-refractivity contribution is -0.134. The van der Waals surface area contributed by atoms with Crippen molar-refractivity contribution in [3.8, 4) is 0 Å². The van der Waals surface area contributed by atoms with E-state index in [4.69, 9.17) is 0 Å². The molecule has 3 nitrogen and oxygen atoms in total. The highest BCUT2D eigenvalue weighted by atomic mass is 79.9. The molecule has 4 heteroatoms. The molecule has 0 heterocycles. The van der Waals surface area contributed by atoms with E-state index in [1.807, 2.05) is 24.3 Å². The summed E-state index contributed by atoms with van der Waals surface area (Å²) in [5.41, 5.74) is 3.10. The number of carbonyl (C=O) groups is 1. The summed E-state index contributed by atoms with van der Waals surface area (Å²) in [7, 11) is 1.45. The minimum absolute atomic E-state index is 0.0527. The number of benzene rings is 1. The van der Waals surface area contributed by atoms with Gasteiger partial charge in [0.25, 0.3) is 5.91 Å². The van der Waals surface area contributed by atoms with Crippen molar-refractivity contribution in [1.29, 1.82) is 0 Å². The van der Waals surface area contributed by atoms with Crippen molar-refractivity contribution in [3.05, 3.63) is 34.3 Å². The first-order valence-electron chi connectivity index (χ1n) is 4.78. The van der Waals surface area contributed by atoms with Crippen molar-refractivity contribution in [1.82, 2.24) is 5.48 Å². The highest BCUT2D eigenvalue weighted by Gasteiger charge is 2.51. The molecule has 1 N–H and O–H groups in total. The molecule has 1 amide bonds. The Balaban J connectivity index is 2.26. The average molecular weight is 270 g/mol. The number of hydrogen-bond acceptors (Lipinski definition) is 2. The zero-order chi connectivity index (χ0) is 10.9. The number of hydroxylamine groups is 1. The number of carbonyl (C=O) groups excluding carboxylic acids is 1. The summed E-state index contributed by atoms with van der Waals surface area (Å²) in [6.45, 7) is 0. The van der Waals surface area contributed by atoms with Crippen LogP contribution >= 0.6 is 15.9 Å². The smallest absolute Gasteiger partial charge is 0.254 e. The Morgan fingerprint density at radius 1 is 1.53 bits per heavy atom. The third kappa shape index (κ3) is 1.92. The van der Waals surface area contributed by atoms with Gasteiger partial charge in [0.15, 0.2) is 0 Å². The van der Waals surface area contributed by atoms with Crippen molar-refractivity contribution in [3.63, 3.8) is 0 Å². The van der Waals surface area contributed by atoms with Gasteiger partial charge in [-0.05, 0) is 30.5 Å². The van der Waals surface area contributed by atoms with Crippen molar-refractivity contribution >= 4 is 21.8 Å². The van der Waals surface area contributed by atoms with Crippen LogP contribution in [-0.4, -0.2) is 13.0 Å². The fraction of sp³-hybridized carbons (Fsp3) is 0.364.